The molecule has 0 radical (unpaired) electrons. The van der Waals surface area contributed by atoms with Crippen LogP contribution in [-0.2, 0) is 6.54 Å². The van der Waals surface area contributed by atoms with Crippen molar-refractivity contribution in [1.82, 2.24) is 10.2 Å². The van der Waals surface area contributed by atoms with Crippen molar-refractivity contribution in [2.24, 2.45) is 0 Å². The second kappa shape index (κ2) is 7.52. The van der Waals surface area contributed by atoms with E-state index in [4.69, 9.17) is 0 Å². The number of halogens is 2. The van der Waals surface area contributed by atoms with Crippen LogP contribution in [0, 0.1) is 0 Å². The van der Waals surface area contributed by atoms with Crippen LogP contribution in [0.15, 0.2) is 27.1 Å². The molecule has 1 aromatic rings. The zero-order valence-electron chi connectivity index (χ0n) is 10.6. The molecule has 0 aromatic heterocycles. The summed E-state index contributed by atoms with van der Waals surface area (Å²) in [5, 5.41) is 3.54. The zero-order chi connectivity index (χ0) is 12.8. The van der Waals surface area contributed by atoms with Gasteiger partial charge in [0.15, 0.2) is 0 Å². The number of nitrogens with one attached hydrogen (secondary N) is 1. The van der Waals surface area contributed by atoms with E-state index in [2.05, 4.69) is 81.3 Å². The van der Waals surface area contributed by atoms with E-state index in [9.17, 15) is 0 Å². The fourth-order valence-corrected chi connectivity index (χ4v) is 2.17. The van der Waals surface area contributed by atoms with Crippen molar-refractivity contribution >= 4 is 31.9 Å². The summed E-state index contributed by atoms with van der Waals surface area (Å²) in [5.74, 6) is 0. The van der Waals surface area contributed by atoms with Gasteiger partial charge in [0.05, 0.1) is 0 Å². The molecule has 0 saturated carbocycles. The second-order valence-corrected chi connectivity index (χ2v) is 6.33. The zero-order valence-corrected chi connectivity index (χ0v) is 13.8. The fraction of sp³-hybridized carbons (Fsp3) is 0.538. The van der Waals surface area contributed by atoms with Gasteiger partial charge in [-0.2, -0.15) is 0 Å². The molecule has 1 unspecified atom stereocenters. The summed E-state index contributed by atoms with van der Waals surface area (Å²) in [6, 6.07) is 6.90. The Kier molecular flexibility index (Phi) is 6.70. The van der Waals surface area contributed by atoms with E-state index >= 15 is 0 Å². The maximum atomic E-state index is 3.54. The lowest BCUT2D eigenvalue weighted by molar-refractivity contribution is 0.365. The van der Waals surface area contributed by atoms with E-state index in [1.54, 1.807) is 0 Å². The highest BCUT2D eigenvalue weighted by Crippen LogP contribution is 2.23. The number of hydrogen-bond acceptors (Lipinski definition) is 2. The molecule has 0 heterocycles. The smallest absolute Gasteiger partial charge is 0.0320 e. The summed E-state index contributed by atoms with van der Waals surface area (Å²) >= 11 is 7.00. The fourth-order valence-electron chi connectivity index (χ4n) is 1.50. The Morgan fingerprint density at radius 1 is 1.24 bits per heavy atom. The number of rotatable bonds is 6. The van der Waals surface area contributed by atoms with Crippen LogP contribution in [0.25, 0.3) is 0 Å². The average Bonchev–Trinajstić information content (AvgIpc) is 2.28. The number of hydrogen-bond donors (Lipinski definition) is 1. The van der Waals surface area contributed by atoms with Gasteiger partial charge in [-0.15, -0.1) is 0 Å². The van der Waals surface area contributed by atoms with Gasteiger partial charge in [0.2, 0.25) is 0 Å². The lowest BCUT2D eigenvalue weighted by Crippen LogP contribution is -2.29. The van der Waals surface area contributed by atoms with Gasteiger partial charge in [-0.1, -0.05) is 6.07 Å². The van der Waals surface area contributed by atoms with Crippen LogP contribution >= 0.6 is 31.9 Å². The Hall–Kier alpha value is 0.1000. The lowest BCUT2D eigenvalue weighted by atomic mass is 10.2. The molecule has 0 bridgehead atoms. The van der Waals surface area contributed by atoms with Crippen LogP contribution in [-0.4, -0.2) is 31.6 Å². The number of nitrogens with zero attached hydrogens (tertiary/aromatic N) is 1. The summed E-state index contributed by atoms with van der Waals surface area (Å²) in [6.45, 7) is 4.27. The van der Waals surface area contributed by atoms with Gasteiger partial charge in [-0.05, 0) is 83.5 Å². The molecule has 1 N–H and O–H groups in total. The monoisotopic (exact) mass is 362 g/mol. The topological polar surface area (TPSA) is 15.3 Å². The Morgan fingerprint density at radius 3 is 2.53 bits per heavy atom. The Balaban J connectivity index is 2.36. The highest BCUT2D eigenvalue weighted by Gasteiger charge is 2.03. The van der Waals surface area contributed by atoms with Gasteiger partial charge in [0.1, 0.15) is 0 Å². The normalized spacial score (nSPS) is 13.1. The molecule has 0 aliphatic carbocycles. The largest absolute Gasteiger partial charge is 0.310 e. The van der Waals surface area contributed by atoms with Crippen LogP contribution in [0.1, 0.15) is 18.9 Å². The minimum Gasteiger partial charge on any atom is -0.310 e. The molecule has 96 valence electrons. The molecule has 1 aromatic carbocycles. The Morgan fingerprint density at radius 2 is 1.94 bits per heavy atom. The highest BCUT2D eigenvalue weighted by molar-refractivity contribution is 9.13. The molecule has 0 saturated heterocycles. The predicted octanol–water partition coefficient (Wildman–Crippen LogP) is 3.64. The van der Waals surface area contributed by atoms with Crippen molar-refractivity contribution in [3.8, 4) is 0 Å². The van der Waals surface area contributed by atoms with E-state index in [0.717, 1.165) is 22.0 Å². The first-order valence-electron chi connectivity index (χ1n) is 5.81. The summed E-state index contributed by atoms with van der Waals surface area (Å²) < 4.78 is 2.21. The lowest BCUT2D eigenvalue weighted by Gasteiger charge is -2.16. The summed E-state index contributed by atoms with van der Waals surface area (Å²) in [5.41, 5.74) is 1.30. The van der Waals surface area contributed by atoms with Crippen molar-refractivity contribution in [3.63, 3.8) is 0 Å². The van der Waals surface area contributed by atoms with Gasteiger partial charge >= 0.3 is 0 Å². The van der Waals surface area contributed by atoms with E-state index < -0.39 is 0 Å². The molecule has 0 aliphatic heterocycles. The molecular weight excluding hydrogens is 344 g/mol. The third kappa shape index (κ3) is 6.00. The third-order valence-corrected chi connectivity index (χ3v) is 4.53. The van der Waals surface area contributed by atoms with E-state index in [1.807, 2.05) is 0 Å². The molecule has 17 heavy (non-hydrogen) atoms. The van der Waals surface area contributed by atoms with Gasteiger partial charge in [-0.3, -0.25) is 0 Å². The van der Waals surface area contributed by atoms with Gasteiger partial charge in [0, 0.05) is 21.5 Å². The summed E-state index contributed by atoms with van der Waals surface area (Å²) in [7, 11) is 4.22. The molecular formula is C13H20Br2N2. The van der Waals surface area contributed by atoms with Crippen molar-refractivity contribution in [3.05, 3.63) is 32.7 Å². The Labute approximate surface area is 121 Å². The van der Waals surface area contributed by atoms with Crippen LogP contribution in [0.5, 0.6) is 0 Å². The van der Waals surface area contributed by atoms with Crippen LogP contribution in [0.2, 0.25) is 0 Å². The summed E-state index contributed by atoms with van der Waals surface area (Å²) in [4.78, 5) is 2.22. The first-order chi connectivity index (χ1) is 7.99. The standard InChI is InChI=1S/C13H20Br2N2/c1-10(6-7-17(2)3)16-9-11-4-5-12(14)13(15)8-11/h4-5,8,10,16H,6-7,9H2,1-3H3. The van der Waals surface area contributed by atoms with E-state index in [-0.39, 0.29) is 0 Å². The molecule has 0 aliphatic rings. The molecule has 4 heteroatoms. The molecule has 0 spiro atoms. The first kappa shape index (κ1) is 15.2. The van der Waals surface area contributed by atoms with E-state index in [0.29, 0.717) is 6.04 Å². The van der Waals surface area contributed by atoms with Crippen molar-refractivity contribution in [2.75, 3.05) is 20.6 Å². The van der Waals surface area contributed by atoms with Crippen LogP contribution < -0.4 is 5.32 Å². The SMILES string of the molecule is CC(CCN(C)C)NCc1ccc(Br)c(Br)c1. The van der Waals surface area contributed by atoms with Gasteiger partial charge < -0.3 is 10.2 Å². The van der Waals surface area contributed by atoms with Crippen molar-refractivity contribution in [1.29, 1.82) is 0 Å². The van der Waals surface area contributed by atoms with Gasteiger partial charge in [-0.25, -0.2) is 0 Å². The second-order valence-electron chi connectivity index (χ2n) is 4.62. The maximum absolute atomic E-state index is 3.54. The molecule has 0 fully saturated rings. The molecule has 1 rings (SSSR count). The third-order valence-electron chi connectivity index (χ3n) is 2.65. The Bertz CT molecular complexity index is 353. The average molecular weight is 364 g/mol. The minimum absolute atomic E-state index is 0.542. The molecule has 0 amide bonds. The molecule has 1 atom stereocenters. The summed E-state index contributed by atoms with van der Waals surface area (Å²) in [6.07, 6.45) is 1.17. The quantitative estimate of drug-likeness (QED) is 0.829. The minimum atomic E-state index is 0.542. The number of benzene rings is 1. The highest BCUT2D eigenvalue weighted by atomic mass is 79.9. The molecule has 2 nitrogen and oxygen atoms in total. The van der Waals surface area contributed by atoms with Gasteiger partial charge in [0.25, 0.3) is 0 Å². The van der Waals surface area contributed by atoms with E-state index in [1.165, 1.54) is 12.0 Å². The maximum Gasteiger partial charge on any atom is 0.0320 e. The first-order valence-corrected chi connectivity index (χ1v) is 7.39. The predicted molar refractivity (Wildman–Crippen MR) is 81.3 cm³/mol. The van der Waals surface area contributed by atoms with Crippen molar-refractivity contribution in [2.45, 2.75) is 25.9 Å². The van der Waals surface area contributed by atoms with Crippen LogP contribution in [0.3, 0.4) is 0 Å². The van der Waals surface area contributed by atoms with Crippen molar-refractivity contribution < 1.29 is 0 Å². The van der Waals surface area contributed by atoms with Crippen LogP contribution in [0.4, 0.5) is 0 Å².